The molecular formula is C64H45N5. The molecule has 0 saturated heterocycles. The van der Waals surface area contributed by atoms with Crippen LogP contribution in [0.4, 0.5) is 0 Å². The van der Waals surface area contributed by atoms with Crippen LogP contribution in [0.5, 0.6) is 0 Å². The predicted octanol–water partition coefficient (Wildman–Crippen LogP) is 16.0. The van der Waals surface area contributed by atoms with E-state index in [9.17, 15) is 0 Å². The first-order valence-electron chi connectivity index (χ1n) is 23.4. The first kappa shape index (κ1) is 41.5. The first-order chi connectivity index (χ1) is 33.9. The van der Waals surface area contributed by atoms with Gasteiger partial charge in [-0.3, -0.25) is 0 Å². The molecular weight excluding hydrogens is 839 g/mol. The average molecular weight is 884 g/mol. The smallest absolute Gasteiger partial charge is 0.164 e. The summed E-state index contributed by atoms with van der Waals surface area (Å²) < 4.78 is 0. The second-order valence-electron chi connectivity index (χ2n) is 18.1. The van der Waals surface area contributed by atoms with E-state index in [2.05, 4.69) is 214 Å². The number of hydrogen-bond acceptors (Lipinski definition) is 5. The molecule has 0 aliphatic heterocycles. The van der Waals surface area contributed by atoms with Crippen molar-refractivity contribution < 1.29 is 0 Å². The van der Waals surface area contributed by atoms with Crippen molar-refractivity contribution in [2.24, 2.45) is 0 Å². The lowest BCUT2D eigenvalue weighted by Gasteiger charge is -2.21. The van der Waals surface area contributed by atoms with Crippen molar-refractivity contribution in [3.8, 4) is 113 Å². The van der Waals surface area contributed by atoms with Gasteiger partial charge in [-0.2, -0.15) is 0 Å². The Kier molecular flexibility index (Phi) is 10.4. The molecule has 0 fully saturated rings. The Morgan fingerprint density at radius 3 is 1.19 bits per heavy atom. The number of hydrogen-bond donors (Lipinski definition) is 0. The third-order valence-corrected chi connectivity index (χ3v) is 13.3. The zero-order valence-corrected chi connectivity index (χ0v) is 38.3. The van der Waals surface area contributed by atoms with Crippen LogP contribution in [-0.2, 0) is 5.41 Å². The van der Waals surface area contributed by atoms with Gasteiger partial charge in [-0.05, 0) is 98.1 Å². The van der Waals surface area contributed by atoms with Crippen LogP contribution in [0, 0.1) is 0 Å². The molecule has 12 rings (SSSR count). The van der Waals surface area contributed by atoms with Crippen LogP contribution in [-0.4, -0.2) is 24.9 Å². The van der Waals surface area contributed by atoms with E-state index in [-0.39, 0.29) is 5.41 Å². The Balaban J connectivity index is 0.950. The van der Waals surface area contributed by atoms with E-state index in [1.165, 1.54) is 22.3 Å². The highest BCUT2D eigenvalue weighted by molar-refractivity contribution is 5.85. The minimum atomic E-state index is -0.154. The van der Waals surface area contributed by atoms with Crippen LogP contribution in [0.15, 0.2) is 237 Å². The summed E-state index contributed by atoms with van der Waals surface area (Å²) in [5.41, 5.74) is 19.0. The average Bonchev–Trinajstić information content (AvgIpc) is 3.66. The number of nitrogens with zero attached hydrogens (tertiary/aromatic N) is 5. The van der Waals surface area contributed by atoms with Crippen molar-refractivity contribution in [2.45, 2.75) is 19.3 Å². The molecule has 0 atom stereocenters. The highest BCUT2D eigenvalue weighted by Crippen LogP contribution is 2.49. The van der Waals surface area contributed by atoms with Crippen molar-refractivity contribution in [3.63, 3.8) is 0 Å². The van der Waals surface area contributed by atoms with Gasteiger partial charge in [-0.15, -0.1) is 0 Å². The Labute approximate surface area is 402 Å². The summed E-state index contributed by atoms with van der Waals surface area (Å²) in [6.45, 7) is 4.60. The number of benzene rings is 9. The monoisotopic (exact) mass is 883 g/mol. The van der Waals surface area contributed by atoms with Crippen LogP contribution in [0.2, 0.25) is 0 Å². The highest BCUT2D eigenvalue weighted by Gasteiger charge is 2.35. The van der Waals surface area contributed by atoms with Gasteiger partial charge >= 0.3 is 0 Å². The molecule has 5 heteroatoms. The summed E-state index contributed by atoms with van der Waals surface area (Å²) in [5, 5.41) is 0. The standard InChI is InChI=1S/C64H45N5/c1-64(2)56-32-16-15-31-54(56)55-34-33-50(40-57(55)64)63-68-61(45-25-13-6-14-26-45)67-62(69-63)49-30-18-28-47(36-49)46-27-17-29-48(35-46)58-41-59(66-60(65-58)44-23-11-5-12-24-44)53-38-51(42-19-7-3-8-20-42)37-52(39-53)43-21-9-4-10-22-43/h3-41H,1-2H3. The van der Waals surface area contributed by atoms with Gasteiger partial charge in [0.05, 0.1) is 11.4 Å². The SMILES string of the molecule is CC1(C)c2ccccc2-c2ccc(-c3nc(-c4ccccc4)nc(-c4cccc(-c5cccc(-c6cc(-c7cc(-c8ccccc8)cc(-c8ccccc8)c7)nc(-c7ccccc7)n6)c5)c4)n3)cc21. The van der Waals surface area contributed by atoms with Crippen molar-refractivity contribution in [3.05, 3.63) is 248 Å². The minimum absolute atomic E-state index is 0.154. The van der Waals surface area contributed by atoms with Gasteiger partial charge in [0, 0.05) is 38.8 Å². The van der Waals surface area contributed by atoms with Crippen molar-refractivity contribution in [2.75, 3.05) is 0 Å². The van der Waals surface area contributed by atoms with Gasteiger partial charge in [0.2, 0.25) is 0 Å². The molecule has 0 saturated carbocycles. The zero-order chi connectivity index (χ0) is 46.3. The van der Waals surface area contributed by atoms with E-state index in [4.69, 9.17) is 24.9 Å². The summed E-state index contributed by atoms with van der Waals surface area (Å²) in [6, 6.07) is 82.8. The highest BCUT2D eigenvalue weighted by atomic mass is 15.0. The van der Waals surface area contributed by atoms with Crippen LogP contribution < -0.4 is 0 Å². The van der Waals surface area contributed by atoms with E-state index in [0.29, 0.717) is 23.3 Å². The van der Waals surface area contributed by atoms with E-state index < -0.39 is 0 Å². The quantitative estimate of drug-likeness (QED) is 0.144. The Morgan fingerprint density at radius 1 is 0.232 bits per heavy atom. The van der Waals surface area contributed by atoms with Crippen molar-refractivity contribution in [1.82, 2.24) is 24.9 Å². The van der Waals surface area contributed by atoms with Crippen LogP contribution in [0.1, 0.15) is 25.0 Å². The van der Waals surface area contributed by atoms with Gasteiger partial charge in [0.25, 0.3) is 0 Å². The maximum Gasteiger partial charge on any atom is 0.164 e. The lowest BCUT2D eigenvalue weighted by Crippen LogP contribution is -2.15. The van der Waals surface area contributed by atoms with E-state index in [1.54, 1.807) is 0 Å². The third kappa shape index (κ3) is 8.00. The molecule has 5 nitrogen and oxygen atoms in total. The third-order valence-electron chi connectivity index (χ3n) is 13.3. The zero-order valence-electron chi connectivity index (χ0n) is 38.3. The first-order valence-corrected chi connectivity index (χ1v) is 23.4. The summed E-state index contributed by atoms with van der Waals surface area (Å²) in [4.78, 5) is 25.9. The lowest BCUT2D eigenvalue weighted by molar-refractivity contribution is 0.660. The van der Waals surface area contributed by atoms with Crippen molar-refractivity contribution >= 4 is 0 Å². The molecule has 0 bridgehead atoms. The second-order valence-corrected chi connectivity index (χ2v) is 18.1. The molecule has 0 spiro atoms. The van der Waals surface area contributed by atoms with E-state index in [0.717, 1.165) is 78.1 Å². The second kappa shape index (κ2) is 17.4. The summed E-state index contributed by atoms with van der Waals surface area (Å²) in [5.74, 6) is 2.54. The lowest BCUT2D eigenvalue weighted by atomic mass is 9.82. The molecule has 2 aromatic heterocycles. The summed E-state index contributed by atoms with van der Waals surface area (Å²) in [7, 11) is 0. The summed E-state index contributed by atoms with van der Waals surface area (Å²) >= 11 is 0. The summed E-state index contributed by atoms with van der Waals surface area (Å²) in [6.07, 6.45) is 0. The molecule has 326 valence electrons. The van der Waals surface area contributed by atoms with E-state index >= 15 is 0 Å². The molecule has 0 amide bonds. The molecule has 0 radical (unpaired) electrons. The fourth-order valence-electron chi connectivity index (χ4n) is 9.72. The Bertz CT molecular complexity index is 3620. The maximum absolute atomic E-state index is 5.26. The number of aromatic nitrogens is 5. The van der Waals surface area contributed by atoms with Crippen LogP contribution in [0.3, 0.4) is 0 Å². The van der Waals surface area contributed by atoms with Crippen molar-refractivity contribution in [1.29, 1.82) is 0 Å². The molecule has 11 aromatic rings. The fourth-order valence-corrected chi connectivity index (χ4v) is 9.72. The fraction of sp³-hybridized carbons (Fsp3) is 0.0469. The van der Waals surface area contributed by atoms with Gasteiger partial charge < -0.3 is 0 Å². The topological polar surface area (TPSA) is 64.5 Å². The minimum Gasteiger partial charge on any atom is -0.228 e. The van der Waals surface area contributed by atoms with Crippen LogP contribution >= 0.6 is 0 Å². The van der Waals surface area contributed by atoms with Gasteiger partial charge in [-0.25, -0.2) is 24.9 Å². The number of fused-ring (bicyclic) bond motifs is 3. The van der Waals surface area contributed by atoms with E-state index in [1.807, 2.05) is 36.4 Å². The molecule has 0 unspecified atom stereocenters. The molecule has 1 aliphatic carbocycles. The molecule has 2 heterocycles. The van der Waals surface area contributed by atoms with Gasteiger partial charge in [0.15, 0.2) is 23.3 Å². The largest absolute Gasteiger partial charge is 0.228 e. The number of rotatable bonds is 9. The molecule has 1 aliphatic rings. The molecule has 0 N–H and O–H groups in total. The molecule has 69 heavy (non-hydrogen) atoms. The Morgan fingerprint density at radius 2 is 0.609 bits per heavy atom. The Hall–Kier alpha value is -8.93. The maximum atomic E-state index is 5.26. The molecule has 9 aromatic carbocycles. The normalized spacial score (nSPS) is 12.3. The van der Waals surface area contributed by atoms with Crippen LogP contribution in [0.25, 0.3) is 113 Å². The van der Waals surface area contributed by atoms with Gasteiger partial charge in [-0.1, -0.05) is 208 Å². The van der Waals surface area contributed by atoms with Gasteiger partial charge in [0.1, 0.15) is 0 Å². The predicted molar refractivity (Wildman–Crippen MR) is 282 cm³/mol.